The van der Waals surface area contributed by atoms with Crippen molar-refractivity contribution in [2.75, 3.05) is 0 Å². The summed E-state index contributed by atoms with van der Waals surface area (Å²) in [5.41, 5.74) is 0. The fraction of sp³-hybridized carbons (Fsp3) is 0.583. The summed E-state index contributed by atoms with van der Waals surface area (Å²) >= 11 is 0. The van der Waals surface area contributed by atoms with Crippen LogP contribution in [0.25, 0.3) is 0 Å². The maximum absolute atomic E-state index is 9.83. The van der Waals surface area contributed by atoms with Crippen molar-refractivity contribution in [2.45, 2.75) is 46.5 Å². The Bertz CT molecular complexity index is 301. The average molecular weight is 316 g/mol. The minimum Gasteiger partial charge on any atom is -0.550 e. The Kier molecular flexibility index (Phi) is 24.0. The van der Waals surface area contributed by atoms with Crippen LogP contribution in [0.2, 0.25) is 0 Å². The van der Waals surface area contributed by atoms with Crippen molar-refractivity contribution in [2.24, 2.45) is 0 Å². The van der Waals surface area contributed by atoms with Gasteiger partial charge in [0.2, 0.25) is 0 Å². The normalized spacial score (nSPS) is 7.76. The second-order valence-electron chi connectivity index (χ2n) is 3.62. The zero-order valence-corrected chi connectivity index (χ0v) is 13.3. The Hall–Kier alpha value is -1.72. The van der Waals surface area contributed by atoms with E-state index in [1.54, 1.807) is 6.92 Å². The first-order valence-electron chi connectivity index (χ1n) is 5.61. The first-order chi connectivity index (χ1) is 9.02. The fourth-order valence-electron chi connectivity index (χ4n) is 0.611. The minimum atomic E-state index is -1.31. The second kappa shape index (κ2) is 18.3. The number of rotatable bonds is 6. The van der Waals surface area contributed by atoms with Crippen LogP contribution < -0.4 is 15.3 Å². The molecule has 0 spiro atoms. The summed E-state index contributed by atoms with van der Waals surface area (Å²) < 4.78 is 0. The molecule has 0 radical (unpaired) electrons. The van der Waals surface area contributed by atoms with Gasteiger partial charge >= 0.3 is 17.4 Å². The van der Waals surface area contributed by atoms with E-state index in [0.717, 1.165) is 0 Å². The maximum atomic E-state index is 9.83. The summed E-state index contributed by atoms with van der Waals surface area (Å²) in [5, 5.41) is 28.4. The second-order valence-corrected chi connectivity index (χ2v) is 3.62. The molecule has 0 heterocycles. The van der Waals surface area contributed by atoms with E-state index in [9.17, 15) is 39.3 Å². The molecule has 0 saturated carbocycles. The van der Waals surface area contributed by atoms with Gasteiger partial charge in [-0.1, -0.05) is 13.3 Å². The Morgan fingerprint density at radius 1 is 0.714 bits per heavy atom. The third-order valence-corrected chi connectivity index (χ3v) is 1.24. The van der Waals surface area contributed by atoms with Crippen molar-refractivity contribution < 1.29 is 39.3 Å². The quantitative estimate of drug-likeness (QED) is 0.362. The molecule has 0 aliphatic carbocycles. The molecule has 0 rings (SSSR count). The molecule has 0 amide bonds. The average Bonchev–Trinajstić information content (AvgIpc) is 2.13. The number of hydrogen-bond acceptors (Lipinski definition) is 8. The Balaban J connectivity index is -0.000000101. The summed E-state index contributed by atoms with van der Waals surface area (Å²) in [4.78, 5) is 48.1. The number of aliphatic carboxylic acids is 3. The predicted molar refractivity (Wildman–Crippen MR) is 66.3 cm³/mol. The van der Waals surface area contributed by atoms with Gasteiger partial charge in [-0.2, -0.15) is 0 Å². The van der Waals surface area contributed by atoms with E-state index in [0.29, 0.717) is 6.42 Å². The molecule has 0 N–H and O–H groups in total. The Labute approximate surface area is 133 Å². The maximum Gasteiger partial charge on any atom is 3.00 e. The third kappa shape index (κ3) is 56.3. The molecule has 0 unspecified atom stereocenters. The van der Waals surface area contributed by atoms with Gasteiger partial charge in [-0.3, -0.25) is 9.59 Å². The third-order valence-electron chi connectivity index (χ3n) is 1.24. The van der Waals surface area contributed by atoms with Crippen molar-refractivity contribution in [1.29, 1.82) is 0 Å². The predicted octanol–water partition coefficient (Wildman–Crippen LogP) is -3.41. The molecule has 0 saturated heterocycles. The zero-order chi connectivity index (χ0) is 16.7. The van der Waals surface area contributed by atoms with Gasteiger partial charge in [0.15, 0.2) is 0 Å². The van der Waals surface area contributed by atoms with Crippen molar-refractivity contribution in [3.63, 3.8) is 0 Å². The summed E-state index contributed by atoms with van der Waals surface area (Å²) in [6.45, 7) is 4.21. The van der Waals surface area contributed by atoms with E-state index in [1.807, 2.05) is 0 Å². The Morgan fingerprint density at radius 3 is 1.00 bits per heavy atom. The van der Waals surface area contributed by atoms with Crippen LogP contribution >= 0.6 is 0 Å². The molecule has 0 atom stereocenters. The van der Waals surface area contributed by atoms with Crippen molar-refractivity contribution in [3.05, 3.63) is 0 Å². The van der Waals surface area contributed by atoms with Crippen LogP contribution in [0.5, 0.6) is 0 Å². The van der Waals surface area contributed by atoms with Crippen LogP contribution in [-0.4, -0.2) is 46.8 Å². The number of Topliss-reactive ketones (excluding diaryl/α,β-unsaturated/α-hetero) is 2. The summed E-state index contributed by atoms with van der Waals surface area (Å²) in [6.07, 6.45) is -0.0949. The number of ketones is 2. The van der Waals surface area contributed by atoms with E-state index in [4.69, 9.17) is 0 Å². The largest absolute Gasteiger partial charge is 3.00 e. The van der Waals surface area contributed by atoms with Crippen LogP contribution in [0.1, 0.15) is 46.5 Å². The number of carbonyl (C=O) groups excluding carboxylic acids is 5. The van der Waals surface area contributed by atoms with Gasteiger partial charge in [0.05, 0.1) is 0 Å². The molecule has 0 aromatic carbocycles. The topological polar surface area (TPSA) is 155 Å². The SMILES string of the molecule is CC(=O)CC(=O)[O-].CC(=O)CC(=O)[O-].CCCC(=O)[O-].[Al+3]. The fourth-order valence-corrected chi connectivity index (χ4v) is 0.611. The van der Waals surface area contributed by atoms with E-state index in [-0.39, 0.29) is 35.3 Å². The molecule has 0 aromatic heterocycles. The first-order valence-corrected chi connectivity index (χ1v) is 5.61. The molecular formula is C12H17AlO8. The molecule has 116 valence electrons. The molecule has 0 aliphatic rings. The number of hydrogen-bond donors (Lipinski definition) is 0. The van der Waals surface area contributed by atoms with Crippen molar-refractivity contribution in [3.8, 4) is 0 Å². The minimum absolute atomic E-state index is 0. The van der Waals surface area contributed by atoms with E-state index < -0.39 is 30.7 Å². The summed E-state index contributed by atoms with van der Waals surface area (Å²) in [7, 11) is 0. The van der Waals surface area contributed by atoms with Crippen LogP contribution in [0.3, 0.4) is 0 Å². The Morgan fingerprint density at radius 2 is 1.00 bits per heavy atom. The van der Waals surface area contributed by atoms with Crippen LogP contribution in [-0.2, 0) is 24.0 Å². The first kappa shape index (κ1) is 27.6. The van der Waals surface area contributed by atoms with Gasteiger partial charge in [-0.05, 0) is 20.3 Å². The molecule has 0 aliphatic heterocycles. The van der Waals surface area contributed by atoms with Crippen molar-refractivity contribution >= 4 is 46.8 Å². The van der Waals surface area contributed by atoms with Crippen molar-refractivity contribution in [1.82, 2.24) is 0 Å². The smallest absolute Gasteiger partial charge is 0.550 e. The number of carboxylic acid groups (broad SMARTS) is 3. The van der Waals surface area contributed by atoms with Crippen LogP contribution in [0.4, 0.5) is 0 Å². The molecule has 8 nitrogen and oxygen atoms in total. The van der Waals surface area contributed by atoms with Gasteiger partial charge in [0.25, 0.3) is 0 Å². The van der Waals surface area contributed by atoms with Gasteiger partial charge < -0.3 is 29.7 Å². The standard InChI is InChI=1S/2C4H6O3.C4H8O2.Al/c2*1-3(5)2-4(6)7;1-2-3-4(5)6;/h2*2H2,1H3,(H,6,7);2-3H2,1H3,(H,5,6);/q;;;+3/p-3. The summed E-state index contributed by atoms with van der Waals surface area (Å²) in [5.74, 6) is -4.34. The van der Waals surface area contributed by atoms with Gasteiger partial charge in [-0.15, -0.1) is 0 Å². The van der Waals surface area contributed by atoms with Gasteiger partial charge in [-0.25, -0.2) is 0 Å². The number of carboxylic acids is 3. The number of carbonyl (C=O) groups is 5. The van der Waals surface area contributed by atoms with Gasteiger partial charge in [0, 0.05) is 30.7 Å². The monoisotopic (exact) mass is 316 g/mol. The molecule has 0 aromatic rings. The van der Waals surface area contributed by atoms with Gasteiger partial charge in [0.1, 0.15) is 11.6 Å². The van der Waals surface area contributed by atoms with E-state index in [1.165, 1.54) is 13.8 Å². The van der Waals surface area contributed by atoms with Crippen LogP contribution in [0.15, 0.2) is 0 Å². The van der Waals surface area contributed by atoms with Crippen LogP contribution in [0, 0.1) is 0 Å². The molecule has 9 heteroatoms. The molecule has 21 heavy (non-hydrogen) atoms. The summed E-state index contributed by atoms with van der Waals surface area (Å²) in [6, 6.07) is 0. The molecule has 0 bridgehead atoms. The van der Waals surface area contributed by atoms with E-state index in [2.05, 4.69) is 0 Å². The molecular weight excluding hydrogens is 299 g/mol. The zero-order valence-electron chi connectivity index (χ0n) is 12.2. The van der Waals surface area contributed by atoms with E-state index >= 15 is 0 Å². The molecule has 0 fully saturated rings.